The zero-order chi connectivity index (χ0) is 13.0. The molecule has 0 atom stereocenters. The van der Waals surface area contributed by atoms with Crippen LogP contribution in [0.25, 0.3) is 0 Å². The Labute approximate surface area is 123 Å². The molecule has 6 heteroatoms. The third-order valence-corrected chi connectivity index (χ3v) is 4.81. The Morgan fingerprint density at radius 1 is 1.44 bits per heavy atom. The summed E-state index contributed by atoms with van der Waals surface area (Å²) in [7, 11) is 1.61. The Morgan fingerprint density at radius 2 is 2.28 bits per heavy atom. The molecule has 2 heterocycles. The Balaban J connectivity index is 1.84. The summed E-state index contributed by atoms with van der Waals surface area (Å²) in [6, 6.07) is 5.89. The first kappa shape index (κ1) is 13.8. The van der Waals surface area contributed by atoms with Crippen molar-refractivity contribution in [2.75, 3.05) is 7.11 Å². The normalized spacial score (nSPS) is 10.6. The van der Waals surface area contributed by atoms with Crippen molar-refractivity contribution >= 4 is 38.9 Å². The molecule has 0 bridgehead atoms. The summed E-state index contributed by atoms with van der Waals surface area (Å²) in [6.45, 7) is 1.56. The van der Waals surface area contributed by atoms with Crippen LogP contribution in [0, 0.1) is 0 Å². The number of halogens is 2. The summed E-state index contributed by atoms with van der Waals surface area (Å²) in [5.41, 5.74) is 1.12. The van der Waals surface area contributed by atoms with E-state index in [9.17, 15) is 0 Å². The van der Waals surface area contributed by atoms with E-state index in [0.717, 1.165) is 27.5 Å². The second-order valence-corrected chi connectivity index (χ2v) is 6.24. The van der Waals surface area contributed by atoms with Gasteiger partial charge in [-0.3, -0.25) is 0 Å². The van der Waals surface area contributed by atoms with Crippen LogP contribution in [-0.2, 0) is 13.1 Å². The average molecular weight is 348 g/mol. The van der Waals surface area contributed by atoms with Gasteiger partial charge in [-0.1, -0.05) is 17.7 Å². The van der Waals surface area contributed by atoms with Crippen LogP contribution in [0.15, 0.2) is 28.9 Å². The number of nitrogens with zero attached hydrogens (tertiary/aromatic N) is 1. The molecule has 0 aliphatic heterocycles. The number of thiophene rings is 1. The molecule has 0 spiro atoms. The van der Waals surface area contributed by atoms with Gasteiger partial charge in [0.2, 0.25) is 5.88 Å². The van der Waals surface area contributed by atoms with E-state index in [1.807, 2.05) is 24.4 Å². The quantitative estimate of drug-likeness (QED) is 0.892. The molecule has 2 aromatic rings. The second-order valence-electron chi connectivity index (χ2n) is 3.65. The molecule has 0 unspecified atom stereocenters. The Hall–Kier alpha value is -0.620. The van der Waals surface area contributed by atoms with Crippen LogP contribution in [0.5, 0.6) is 5.88 Å². The molecule has 0 saturated heterocycles. The van der Waals surface area contributed by atoms with Gasteiger partial charge in [0.05, 0.1) is 7.11 Å². The lowest BCUT2D eigenvalue weighted by Gasteiger charge is -2.04. The van der Waals surface area contributed by atoms with Crippen LogP contribution in [0.3, 0.4) is 0 Å². The minimum absolute atomic E-state index is 0.632. The third-order valence-electron chi connectivity index (χ3n) is 2.33. The van der Waals surface area contributed by atoms with Crippen molar-refractivity contribution in [3.8, 4) is 5.88 Å². The molecule has 1 N–H and O–H groups in total. The van der Waals surface area contributed by atoms with E-state index in [0.29, 0.717) is 5.88 Å². The van der Waals surface area contributed by atoms with Gasteiger partial charge in [-0.15, -0.1) is 11.3 Å². The van der Waals surface area contributed by atoms with E-state index in [2.05, 4.69) is 26.2 Å². The molecule has 0 aromatic carbocycles. The maximum Gasteiger partial charge on any atom is 0.212 e. The number of methoxy groups -OCH3 is 1. The van der Waals surface area contributed by atoms with Gasteiger partial charge in [-0.2, -0.15) is 0 Å². The fourth-order valence-corrected chi connectivity index (χ4v) is 3.20. The van der Waals surface area contributed by atoms with Crippen molar-refractivity contribution in [2.45, 2.75) is 13.1 Å². The monoisotopic (exact) mass is 346 g/mol. The van der Waals surface area contributed by atoms with E-state index in [-0.39, 0.29) is 0 Å². The Kier molecular flexibility index (Phi) is 5.00. The highest BCUT2D eigenvalue weighted by Gasteiger charge is 2.04. The zero-order valence-electron chi connectivity index (χ0n) is 9.74. The summed E-state index contributed by atoms with van der Waals surface area (Å²) in [6.07, 6.45) is 1.81. The number of pyridine rings is 1. The molecular formula is C12H12BrClN2OS. The lowest BCUT2D eigenvalue weighted by Crippen LogP contribution is -2.11. The zero-order valence-corrected chi connectivity index (χ0v) is 12.9. The standard InChI is InChI=1S/C12H12BrClN2OS/c1-17-11-3-2-8(6-16-11)5-15-7-9-4-10(13)12(14)18-9/h2-4,6,15H,5,7H2,1H3. The molecule has 2 rings (SSSR count). The molecule has 0 amide bonds. The summed E-state index contributed by atoms with van der Waals surface area (Å²) in [5.74, 6) is 0.632. The molecule has 2 aromatic heterocycles. The average Bonchev–Trinajstić information content (AvgIpc) is 2.69. The van der Waals surface area contributed by atoms with E-state index in [1.54, 1.807) is 18.4 Å². The van der Waals surface area contributed by atoms with Gasteiger partial charge < -0.3 is 10.1 Å². The van der Waals surface area contributed by atoms with Gasteiger partial charge in [-0.05, 0) is 27.6 Å². The van der Waals surface area contributed by atoms with Gasteiger partial charge in [0.25, 0.3) is 0 Å². The fraction of sp³-hybridized carbons (Fsp3) is 0.250. The van der Waals surface area contributed by atoms with Crippen molar-refractivity contribution in [1.82, 2.24) is 10.3 Å². The van der Waals surface area contributed by atoms with Crippen LogP contribution in [-0.4, -0.2) is 12.1 Å². The topological polar surface area (TPSA) is 34.1 Å². The maximum atomic E-state index is 5.98. The molecule has 96 valence electrons. The molecule has 18 heavy (non-hydrogen) atoms. The fourth-order valence-electron chi connectivity index (χ4n) is 1.44. The number of nitrogens with one attached hydrogen (secondary N) is 1. The van der Waals surface area contributed by atoms with Gasteiger partial charge in [-0.25, -0.2) is 4.98 Å². The van der Waals surface area contributed by atoms with Crippen molar-refractivity contribution in [1.29, 1.82) is 0 Å². The van der Waals surface area contributed by atoms with Crippen LogP contribution in [0.2, 0.25) is 4.34 Å². The maximum absolute atomic E-state index is 5.98. The molecule has 0 aliphatic rings. The van der Waals surface area contributed by atoms with E-state index >= 15 is 0 Å². The van der Waals surface area contributed by atoms with Crippen LogP contribution < -0.4 is 10.1 Å². The van der Waals surface area contributed by atoms with Gasteiger partial charge in [0, 0.05) is 34.7 Å². The number of hydrogen-bond donors (Lipinski definition) is 1. The van der Waals surface area contributed by atoms with Crippen molar-refractivity contribution in [3.05, 3.63) is 43.6 Å². The van der Waals surface area contributed by atoms with Gasteiger partial charge >= 0.3 is 0 Å². The largest absolute Gasteiger partial charge is 0.481 e. The summed E-state index contributed by atoms with van der Waals surface area (Å²) in [5, 5.41) is 3.35. The highest BCUT2D eigenvalue weighted by Crippen LogP contribution is 2.31. The van der Waals surface area contributed by atoms with Crippen molar-refractivity contribution in [3.63, 3.8) is 0 Å². The first-order valence-corrected chi connectivity index (χ1v) is 7.31. The van der Waals surface area contributed by atoms with E-state index in [1.165, 1.54) is 4.88 Å². The summed E-state index contributed by atoms with van der Waals surface area (Å²) in [4.78, 5) is 5.36. The number of aromatic nitrogens is 1. The number of hydrogen-bond acceptors (Lipinski definition) is 4. The molecule has 0 saturated carbocycles. The van der Waals surface area contributed by atoms with Crippen LogP contribution in [0.1, 0.15) is 10.4 Å². The molecule has 0 radical (unpaired) electrons. The molecule has 0 aliphatic carbocycles. The number of ether oxygens (including phenoxy) is 1. The van der Waals surface area contributed by atoms with Gasteiger partial charge in [0.15, 0.2) is 0 Å². The second kappa shape index (κ2) is 6.52. The van der Waals surface area contributed by atoms with E-state index in [4.69, 9.17) is 16.3 Å². The molecule has 3 nitrogen and oxygen atoms in total. The highest BCUT2D eigenvalue weighted by molar-refractivity contribution is 9.10. The van der Waals surface area contributed by atoms with Crippen LogP contribution in [0.4, 0.5) is 0 Å². The van der Waals surface area contributed by atoms with E-state index < -0.39 is 0 Å². The van der Waals surface area contributed by atoms with Crippen molar-refractivity contribution < 1.29 is 4.74 Å². The first-order valence-electron chi connectivity index (χ1n) is 5.32. The summed E-state index contributed by atoms with van der Waals surface area (Å²) >= 11 is 11.0. The SMILES string of the molecule is COc1ccc(CNCc2cc(Br)c(Cl)s2)cn1. The lowest BCUT2D eigenvalue weighted by molar-refractivity contribution is 0.397. The predicted octanol–water partition coefficient (Wildman–Crippen LogP) is 3.86. The van der Waals surface area contributed by atoms with Gasteiger partial charge in [0.1, 0.15) is 4.34 Å². The highest BCUT2D eigenvalue weighted by atomic mass is 79.9. The minimum Gasteiger partial charge on any atom is -0.481 e. The molecular weight excluding hydrogens is 336 g/mol. The predicted molar refractivity (Wildman–Crippen MR) is 78.4 cm³/mol. The number of rotatable bonds is 5. The van der Waals surface area contributed by atoms with Crippen molar-refractivity contribution in [2.24, 2.45) is 0 Å². The first-order chi connectivity index (χ1) is 8.69. The third kappa shape index (κ3) is 3.68. The Morgan fingerprint density at radius 3 is 2.83 bits per heavy atom. The minimum atomic E-state index is 0.632. The molecule has 0 fully saturated rings. The summed E-state index contributed by atoms with van der Waals surface area (Å²) < 4.78 is 6.75. The van der Waals surface area contributed by atoms with Crippen LogP contribution >= 0.6 is 38.9 Å². The Bertz CT molecular complexity index is 496. The smallest absolute Gasteiger partial charge is 0.212 e. The lowest BCUT2D eigenvalue weighted by atomic mass is 10.3.